The Morgan fingerprint density at radius 1 is 1.03 bits per heavy atom. The van der Waals surface area contributed by atoms with Gasteiger partial charge in [-0.2, -0.15) is 0 Å². The van der Waals surface area contributed by atoms with E-state index in [0.717, 1.165) is 28.4 Å². The van der Waals surface area contributed by atoms with Crippen molar-refractivity contribution in [2.45, 2.75) is 52.7 Å². The molecule has 2 aliphatic rings. The fraction of sp³-hybridized carbons (Fsp3) is 0.483. The van der Waals surface area contributed by atoms with Gasteiger partial charge in [0.2, 0.25) is 6.79 Å². The van der Waals surface area contributed by atoms with Gasteiger partial charge in [-0.3, -0.25) is 4.79 Å². The van der Waals surface area contributed by atoms with E-state index < -0.39 is 11.0 Å². The number of carbonyl (C=O) groups excluding carboxylic acids is 1. The zero-order chi connectivity index (χ0) is 25.2. The largest absolute Gasteiger partial charge is 0.497 e. The maximum atomic E-state index is 12.4. The summed E-state index contributed by atoms with van der Waals surface area (Å²) in [7, 11) is 1.65. The number of benzene rings is 2. The lowest BCUT2D eigenvalue weighted by Crippen LogP contribution is -2.33. The van der Waals surface area contributed by atoms with Crippen molar-refractivity contribution in [3.63, 3.8) is 0 Å². The summed E-state index contributed by atoms with van der Waals surface area (Å²) in [5, 5.41) is 0. The minimum atomic E-state index is -0.874. The summed E-state index contributed by atoms with van der Waals surface area (Å²) >= 11 is 0. The van der Waals surface area contributed by atoms with E-state index in [1.54, 1.807) is 7.11 Å². The molecule has 35 heavy (non-hydrogen) atoms. The number of carbonyl (C=O) groups is 1. The molecule has 1 heterocycles. The van der Waals surface area contributed by atoms with Crippen molar-refractivity contribution in [3.05, 3.63) is 53.6 Å². The second-order valence-corrected chi connectivity index (χ2v) is 10.6. The molecule has 1 saturated carbocycles. The summed E-state index contributed by atoms with van der Waals surface area (Å²) in [6, 6.07) is 13.9. The van der Waals surface area contributed by atoms with Crippen molar-refractivity contribution >= 4 is 5.97 Å². The van der Waals surface area contributed by atoms with Crippen molar-refractivity contribution < 1.29 is 28.5 Å². The third-order valence-electron chi connectivity index (χ3n) is 6.19. The molecular formula is C29H34O6. The topological polar surface area (TPSA) is 63.2 Å². The lowest BCUT2D eigenvalue weighted by molar-refractivity contribution is -0.161. The van der Waals surface area contributed by atoms with Crippen LogP contribution in [-0.2, 0) is 20.9 Å². The molecule has 2 aromatic rings. The van der Waals surface area contributed by atoms with Gasteiger partial charge in [0.25, 0.3) is 0 Å². The summed E-state index contributed by atoms with van der Waals surface area (Å²) < 4.78 is 28.0. The van der Waals surface area contributed by atoms with Crippen molar-refractivity contribution in [1.29, 1.82) is 0 Å². The molecule has 6 heteroatoms. The second-order valence-electron chi connectivity index (χ2n) is 10.6. The molecule has 0 radical (unpaired) electrons. The van der Waals surface area contributed by atoms with Gasteiger partial charge < -0.3 is 23.7 Å². The zero-order valence-electron chi connectivity index (χ0n) is 21.3. The fourth-order valence-corrected chi connectivity index (χ4v) is 4.06. The van der Waals surface area contributed by atoms with Gasteiger partial charge in [-0.15, -0.1) is 0 Å². The van der Waals surface area contributed by atoms with E-state index in [9.17, 15) is 4.79 Å². The van der Waals surface area contributed by atoms with Gasteiger partial charge in [0.05, 0.1) is 25.7 Å². The average Bonchev–Trinajstić information content (AvgIpc) is 3.28. The molecule has 3 atom stereocenters. The number of esters is 1. The van der Waals surface area contributed by atoms with Crippen LogP contribution in [0, 0.1) is 29.1 Å². The van der Waals surface area contributed by atoms with Gasteiger partial charge in [-0.05, 0) is 70.0 Å². The first-order chi connectivity index (χ1) is 16.6. The standard InChI is InChI=1S/C29H34O6/c1-28(2,3)27(30)35-29(4,5)14-13-22-23(17-32-16-19-7-10-21(31-6)11-8-19)26(22)20-9-12-24-25(15-20)34-18-33-24/h7-12,15,22-23,26H,16-18H2,1-6H3/t22-,23+,26+/m0/s1. The highest BCUT2D eigenvalue weighted by molar-refractivity contribution is 5.76. The van der Waals surface area contributed by atoms with Crippen molar-refractivity contribution in [2.75, 3.05) is 20.5 Å². The molecule has 0 amide bonds. The van der Waals surface area contributed by atoms with E-state index in [1.807, 2.05) is 71.0 Å². The van der Waals surface area contributed by atoms with Crippen LogP contribution in [0.2, 0.25) is 0 Å². The minimum absolute atomic E-state index is 0.0962. The van der Waals surface area contributed by atoms with Crippen LogP contribution in [-0.4, -0.2) is 32.1 Å². The van der Waals surface area contributed by atoms with Crippen molar-refractivity contribution in [3.8, 4) is 29.1 Å². The molecule has 186 valence electrons. The zero-order valence-corrected chi connectivity index (χ0v) is 21.3. The normalized spacial score (nSPS) is 20.6. The molecule has 1 aliphatic carbocycles. The number of hydrogen-bond acceptors (Lipinski definition) is 6. The molecule has 0 unspecified atom stereocenters. The van der Waals surface area contributed by atoms with Gasteiger partial charge in [-0.25, -0.2) is 0 Å². The first-order valence-corrected chi connectivity index (χ1v) is 11.9. The maximum Gasteiger partial charge on any atom is 0.312 e. The Labute approximate surface area is 207 Å². The van der Waals surface area contributed by atoms with E-state index in [-0.39, 0.29) is 30.5 Å². The Morgan fingerprint density at radius 2 is 1.74 bits per heavy atom. The molecule has 1 aliphatic heterocycles. The third-order valence-corrected chi connectivity index (χ3v) is 6.19. The van der Waals surface area contributed by atoms with Crippen LogP contribution in [0.4, 0.5) is 0 Å². The van der Waals surface area contributed by atoms with Gasteiger partial charge in [0.1, 0.15) is 5.75 Å². The smallest absolute Gasteiger partial charge is 0.312 e. The van der Waals surface area contributed by atoms with E-state index in [0.29, 0.717) is 13.2 Å². The number of methoxy groups -OCH3 is 1. The Bertz CT molecular complexity index is 1120. The molecule has 2 aromatic carbocycles. The number of hydrogen-bond donors (Lipinski definition) is 0. The summed E-state index contributed by atoms with van der Waals surface area (Å²) in [5.41, 5.74) is 0.784. The van der Waals surface area contributed by atoms with Gasteiger partial charge in [0.15, 0.2) is 17.1 Å². The lowest BCUT2D eigenvalue weighted by Gasteiger charge is -2.24. The molecule has 0 saturated heterocycles. The highest BCUT2D eigenvalue weighted by Gasteiger charge is 2.50. The maximum absolute atomic E-state index is 12.4. The Kier molecular flexibility index (Phi) is 7.00. The summed E-state index contributed by atoms with van der Waals surface area (Å²) in [6.45, 7) is 10.5. The van der Waals surface area contributed by atoms with E-state index >= 15 is 0 Å². The summed E-state index contributed by atoms with van der Waals surface area (Å²) in [4.78, 5) is 12.4. The van der Waals surface area contributed by atoms with Gasteiger partial charge >= 0.3 is 5.97 Å². The highest BCUT2D eigenvalue weighted by Crippen LogP contribution is 2.55. The van der Waals surface area contributed by atoms with Crippen LogP contribution in [0.1, 0.15) is 51.7 Å². The SMILES string of the molecule is COc1ccc(COC[C@@H]2[C@H](C#CC(C)(C)OC(=O)C(C)(C)C)[C@H]2c2ccc3c(c2)OCO3)cc1. The van der Waals surface area contributed by atoms with Crippen LogP contribution in [0.5, 0.6) is 17.2 Å². The predicted octanol–water partition coefficient (Wildman–Crippen LogP) is 5.34. The Hall–Kier alpha value is -3.17. The molecule has 6 nitrogen and oxygen atoms in total. The number of ether oxygens (including phenoxy) is 5. The molecule has 0 aromatic heterocycles. The average molecular weight is 479 g/mol. The summed E-state index contributed by atoms with van der Waals surface area (Å²) in [6.07, 6.45) is 0. The van der Waals surface area contributed by atoms with E-state index in [1.165, 1.54) is 0 Å². The van der Waals surface area contributed by atoms with Crippen LogP contribution >= 0.6 is 0 Å². The molecule has 1 fully saturated rings. The number of rotatable bonds is 7. The fourth-order valence-electron chi connectivity index (χ4n) is 4.06. The van der Waals surface area contributed by atoms with Crippen LogP contribution in [0.15, 0.2) is 42.5 Å². The Balaban J connectivity index is 1.46. The highest BCUT2D eigenvalue weighted by atomic mass is 16.7. The van der Waals surface area contributed by atoms with Crippen LogP contribution in [0.25, 0.3) is 0 Å². The van der Waals surface area contributed by atoms with E-state index in [2.05, 4.69) is 17.9 Å². The van der Waals surface area contributed by atoms with Crippen LogP contribution in [0.3, 0.4) is 0 Å². The predicted molar refractivity (Wildman–Crippen MR) is 132 cm³/mol. The summed E-state index contributed by atoms with van der Waals surface area (Å²) in [5.74, 6) is 9.22. The number of fused-ring (bicyclic) bond motifs is 1. The van der Waals surface area contributed by atoms with Crippen molar-refractivity contribution in [2.24, 2.45) is 17.3 Å². The van der Waals surface area contributed by atoms with Gasteiger partial charge in [-0.1, -0.05) is 30.0 Å². The van der Waals surface area contributed by atoms with Gasteiger partial charge in [0, 0.05) is 17.8 Å². The monoisotopic (exact) mass is 478 g/mol. The Morgan fingerprint density at radius 3 is 2.43 bits per heavy atom. The molecular weight excluding hydrogens is 444 g/mol. The first-order valence-electron chi connectivity index (χ1n) is 11.9. The van der Waals surface area contributed by atoms with E-state index in [4.69, 9.17) is 23.7 Å². The molecule has 0 spiro atoms. The molecule has 0 bridgehead atoms. The molecule has 0 N–H and O–H groups in total. The lowest BCUT2D eigenvalue weighted by atomic mass is 9.96. The quantitative estimate of drug-likeness (QED) is 0.395. The third kappa shape index (κ3) is 6.10. The van der Waals surface area contributed by atoms with Crippen molar-refractivity contribution in [1.82, 2.24) is 0 Å². The minimum Gasteiger partial charge on any atom is -0.497 e. The molecule has 4 rings (SSSR count). The van der Waals surface area contributed by atoms with Crippen LogP contribution < -0.4 is 14.2 Å². The first kappa shape index (κ1) is 24.9. The second kappa shape index (κ2) is 9.83.